The fourth-order valence-electron chi connectivity index (χ4n) is 2.63. The summed E-state index contributed by atoms with van der Waals surface area (Å²) in [6, 6.07) is 11.9. The molecule has 8 heteroatoms. The lowest BCUT2D eigenvalue weighted by molar-refractivity contribution is 0.0846. The summed E-state index contributed by atoms with van der Waals surface area (Å²) < 4.78 is 1.62. The molecule has 27 heavy (non-hydrogen) atoms. The normalized spacial score (nSPS) is 10.7. The third kappa shape index (κ3) is 4.15. The molecule has 0 radical (unpaired) electrons. The van der Waals surface area contributed by atoms with E-state index in [0.717, 1.165) is 0 Å². The Kier molecular flexibility index (Phi) is 5.52. The van der Waals surface area contributed by atoms with Crippen LogP contribution < -0.4 is 10.9 Å². The van der Waals surface area contributed by atoms with Crippen molar-refractivity contribution in [2.45, 2.75) is 19.8 Å². The van der Waals surface area contributed by atoms with Gasteiger partial charge in [-0.1, -0.05) is 37.6 Å². The first-order valence-corrected chi connectivity index (χ1v) is 8.70. The van der Waals surface area contributed by atoms with E-state index in [9.17, 15) is 9.59 Å². The molecule has 0 saturated carbocycles. The number of carbonyl (C=O) groups is 2. The average molecular weight is 384 g/mol. The second-order valence-corrected chi connectivity index (χ2v) is 6.55. The molecule has 1 aromatic carbocycles. The summed E-state index contributed by atoms with van der Waals surface area (Å²) in [5.41, 5.74) is 6.22. The van der Waals surface area contributed by atoms with Crippen molar-refractivity contribution in [3.05, 3.63) is 76.7 Å². The van der Waals surface area contributed by atoms with Crippen LogP contribution in [0.4, 0.5) is 0 Å². The molecule has 2 aromatic heterocycles. The number of nitrogens with zero attached hydrogens (tertiary/aromatic N) is 3. The van der Waals surface area contributed by atoms with Gasteiger partial charge in [-0.25, -0.2) is 9.67 Å². The van der Waals surface area contributed by atoms with Crippen LogP contribution >= 0.6 is 11.6 Å². The van der Waals surface area contributed by atoms with Gasteiger partial charge < -0.3 is 0 Å². The van der Waals surface area contributed by atoms with Crippen LogP contribution in [0, 0.1) is 0 Å². The Morgan fingerprint density at radius 3 is 2.52 bits per heavy atom. The number of hydrogen-bond acceptors (Lipinski definition) is 4. The molecule has 2 N–H and O–H groups in total. The Morgan fingerprint density at radius 2 is 1.85 bits per heavy atom. The summed E-state index contributed by atoms with van der Waals surface area (Å²) in [5.74, 6) is -0.299. The van der Waals surface area contributed by atoms with E-state index >= 15 is 0 Å². The zero-order valence-corrected chi connectivity index (χ0v) is 15.6. The highest BCUT2D eigenvalue weighted by Crippen LogP contribution is 2.22. The van der Waals surface area contributed by atoms with Gasteiger partial charge >= 0.3 is 0 Å². The molecule has 0 saturated heterocycles. The monoisotopic (exact) mass is 383 g/mol. The number of aromatic nitrogens is 3. The summed E-state index contributed by atoms with van der Waals surface area (Å²) in [5, 5.41) is 4.73. The van der Waals surface area contributed by atoms with E-state index in [1.54, 1.807) is 35.1 Å². The average Bonchev–Trinajstić information content (AvgIpc) is 3.12. The van der Waals surface area contributed by atoms with Crippen LogP contribution in [-0.2, 0) is 0 Å². The molecular weight excluding hydrogens is 366 g/mol. The molecule has 0 aliphatic heterocycles. The Morgan fingerprint density at radius 1 is 1.07 bits per heavy atom. The third-order valence-corrected chi connectivity index (χ3v) is 4.08. The summed E-state index contributed by atoms with van der Waals surface area (Å²) in [7, 11) is 0. The summed E-state index contributed by atoms with van der Waals surface area (Å²) in [4.78, 5) is 29.0. The smallest absolute Gasteiger partial charge is 0.267 e. The molecule has 0 aliphatic rings. The van der Waals surface area contributed by atoms with Crippen LogP contribution in [0.15, 0.2) is 54.9 Å². The van der Waals surface area contributed by atoms with Crippen molar-refractivity contribution in [1.29, 1.82) is 0 Å². The van der Waals surface area contributed by atoms with Gasteiger partial charge in [-0.05, 0) is 36.2 Å². The third-order valence-electron chi connectivity index (χ3n) is 3.84. The van der Waals surface area contributed by atoms with Crippen molar-refractivity contribution in [1.82, 2.24) is 25.6 Å². The van der Waals surface area contributed by atoms with E-state index in [1.165, 1.54) is 12.3 Å². The number of benzene rings is 1. The molecular formula is C19H18ClN5O2. The number of rotatable bonds is 4. The number of hydrazine groups is 1. The lowest BCUT2D eigenvalue weighted by Gasteiger charge is -2.12. The van der Waals surface area contributed by atoms with Crippen molar-refractivity contribution in [2.24, 2.45) is 0 Å². The van der Waals surface area contributed by atoms with Crippen LogP contribution in [0.1, 0.15) is 46.2 Å². The van der Waals surface area contributed by atoms with E-state index < -0.39 is 11.8 Å². The Hall–Kier alpha value is -3.19. The first-order chi connectivity index (χ1) is 13.0. The molecule has 0 fully saturated rings. The minimum Gasteiger partial charge on any atom is -0.267 e. The first-order valence-electron chi connectivity index (χ1n) is 8.33. The van der Waals surface area contributed by atoms with Gasteiger partial charge in [0.1, 0.15) is 0 Å². The summed E-state index contributed by atoms with van der Waals surface area (Å²) in [6.07, 6.45) is 3.12. The highest BCUT2D eigenvalue weighted by molar-refractivity contribution is 6.30. The Labute approximate surface area is 161 Å². The van der Waals surface area contributed by atoms with Gasteiger partial charge in [0, 0.05) is 16.8 Å². The van der Waals surface area contributed by atoms with Gasteiger partial charge in [0.2, 0.25) is 0 Å². The maximum atomic E-state index is 12.6. The van der Waals surface area contributed by atoms with E-state index in [0.29, 0.717) is 27.7 Å². The fourth-order valence-corrected chi connectivity index (χ4v) is 2.82. The van der Waals surface area contributed by atoms with Gasteiger partial charge in [-0.3, -0.25) is 20.4 Å². The lowest BCUT2D eigenvalue weighted by atomic mass is 10.1. The second-order valence-electron chi connectivity index (χ2n) is 6.12. The number of nitrogens with one attached hydrogen (secondary N) is 2. The molecule has 0 atom stereocenters. The molecule has 0 spiro atoms. The number of hydrogen-bond donors (Lipinski definition) is 2. The number of carbonyl (C=O) groups excluding carboxylic acids is 2. The minimum absolute atomic E-state index is 0.0129. The van der Waals surface area contributed by atoms with Crippen molar-refractivity contribution < 1.29 is 9.59 Å². The van der Waals surface area contributed by atoms with Crippen LogP contribution in [0.25, 0.3) is 5.82 Å². The molecule has 138 valence electrons. The van der Waals surface area contributed by atoms with Gasteiger partial charge in [0.15, 0.2) is 5.82 Å². The van der Waals surface area contributed by atoms with Crippen molar-refractivity contribution in [3.8, 4) is 5.82 Å². The molecule has 0 unspecified atom stereocenters. The molecule has 2 amide bonds. The fraction of sp³-hybridized carbons (Fsp3) is 0.158. The van der Waals surface area contributed by atoms with Crippen molar-refractivity contribution in [3.63, 3.8) is 0 Å². The highest BCUT2D eigenvalue weighted by atomic mass is 35.5. The predicted octanol–water partition coefficient (Wildman–Crippen LogP) is 3.12. The SMILES string of the molecule is CC(C)c1c(C(=O)NNC(=O)c2cccc(Cl)c2)cnn1-c1ccccn1. The summed E-state index contributed by atoms with van der Waals surface area (Å²) >= 11 is 5.88. The quantitative estimate of drug-likeness (QED) is 0.677. The molecule has 0 aliphatic carbocycles. The van der Waals surface area contributed by atoms with E-state index in [2.05, 4.69) is 20.9 Å². The first kappa shape index (κ1) is 18.6. The molecule has 3 aromatic rings. The Balaban J connectivity index is 1.79. The zero-order chi connectivity index (χ0) is 19.4. The number of halogens is 1. The van der Waals surface area contributed by atoms with Crippen molar-refractivity contribution >= 4 is 23.4 Å². The topological polar surface area (TPSA) is 88.9 Å². The van der Waals surface area contributed by atoms with Gasteiger partial charge in [0.25, 0.3) is 11.8 Å². The zero-order valence-electron chi connectivity index (χ0n) is 14.8. The lowest BCUT2D eigenvalue weighted by Crippen LogP contribution is -2.41. The minimum atomic E-state index is -0.464. The highest BCUT2D eigenvalue weighted by Gasteiger charge is 2.21. The van der Waals surface area contributed by atoms with Crippen LogP contribution in [0.2, 0.25) is 5.02 Å². The van der Waals surface area contributed by atoms with Crippen LogP contribution in [0.5, 0.6) is 0 Å². The second kappa shape index (κ2) is 8.01. The number of amides is 2. The van der Waals surface area contributed by atoms with Crippen molar-refractivity contribution in [2.75, 3.05) is 0 Å². The maximum absolute atomic E-state index is 12.6. The predicted molar refractivity (Wildman–Crippen MR) is 102 cm³/mol. The standard InChI is InChI=1S/C19H18ClN5O2/c1-12(2)17-15(11-22-25(17)16-8-3-4-9-21-16)19(27)24-23-18(26)13-6-5-7-14(20)10-13/h3-12H,1-2H3,(H,23,26)(H,24,27). The van der Waals surface area contributed by atoms with Crippen LogP contribution in [0.3, 0.4) is 0 Å². The maximum Gasteiger partial charge on any atom is 0.273 e. The molecule has 7 nitrogen and oxygen atoms in total. The van der Waals surface area contributed by atoms with Gasteiger partial charge in [0.05, 0.1) is 17.5 Å². The van der Waals surface area contributed by atoms with E-state index in [1.807, 2.05) is 26.0 Å². The molecule has 3 rings (SSSR count). The summed E-state index contributed by atoms with van der Waals surface area (Å²) in [6.45, 7) is 3.91. The Bertz CT molecular complexity index is 969. The van der Waals surface area contributed by atoms with Gasteiger partial charge in [-0.2, -0.15) is 5.10 Å². The van der Waals surface area contributed by atoms with Crippen LogP contribution in [-0.4, -0.2) is 26.6 Å². The van der Waals surface area contributed by atoms with E-state index in [-0.39, 0.29) is 5.92 Å². The van der Waals surface area contributed by atoms with Gasteiger partial charge in [-0.15, -0.1) is 0 Å². The molecule has 2 heterocycles. The largest absolute Gasteiger partial charge is 0.273 e. The molecule has 0 bridgehead atoms. The van der Waals surface area contributed by atoms with E-state index in [4.69, 9.17) is 11.6 Å². The number of pyridine rings is 1.